The average Bonchev–Trinajstić information content (AvgIpc) is 2.10. The molecule has 1 heteroatoms. The SMILES string of the molecule is CCCCCCCC[C@H](C)[C]=O. The zero-order valence-electron chi connectivity index (χ0n) is 8.44. The van der Waals surface area contributed by atoms with Crippen LogP contribution in [0.25, 0.3) is 0 Å². The molecule has 1 atom stereocenters. The van der Waals surface area contributed by atoms with Gasteiger partial charge in [-0.05, 0) is 6.42 Å². The van der Waals surface area contributed by atoms with Crippen molar-refractivity contribution in [3.63, 3.8) is 0 Å². The lowest BCUT2D eigenvalue weighted by Crippen LogP contribution is -1.94. The topological polar surface area (TPSA) is 17.1 Å². The van der Waals surface area contributed by atoms with Crippen LogP contribution in [0.1, 0.15) is 58.8 Å². The molecule has 0 amide bonds. The zero-order chi connectivity index (χ0) is 9.23. The third-order valence-electron chi connectivity index (χ3n) is 2.19. The molecule has 12 heavy (non-hydrogen) atoms. The summed E-state index contributed by atoms with van der Waals surface area (Å²) < 4.78 is 0. The molecule has 0 aromatic carbocycles. The first-order valence-corrected chi connectivity index (χ1v) is 5.19. The Morgan fingerprint density at radius 3 is 2.25 bits per heavy atom. The lowest BCUT2D eigenvalue weighted by Gasteiger charge is -2.01. The molecule has 71 valence electrons. The van der Waals surface area contributed by atoms with Crippen LogP contribution in [0.4, 0.5) is 0 Å². The van der Waals surface area contributed by atoms with Crippen LogP contribution >= 0.6 is 0 Å². The fourth-order valence-electron chi connectivity index (χ4n) is 1.29. The maximum absolute atomic E-state index is 10.1. The van der Waals surface area contributed by atoms with Crippen LogP contribution in [-0.4, -0.2) is 6.29 Å². The lowest BCUT2D eigenvalue weighted by molar-refractivity contribution is 0.501. The molecule has 0 saturated carbocycles. The van der Waals surface area contributed by atoms with Crippen molar-refractivity contribution in [3.8, 4) is 0 Å². The summed E-state index contributed by atoms with van der Waals surface area (Å²) in [6.45, 7) is 4.17. The summed E-state index contributed by atoms with van der Waals surface area (Å²) in [7, 11) is 0. The van der Waals surface area contributed by atoms with E-state index in [1.165, 1.54) is 38.5 Å². The van der Waals surface area contributed by atoms with Gasteiger partial charge >= 0.3 is 0 Å². The Balaban J connectivity index is 2.95. The maximum Gasteiger partial charge on any atom is 0.201 e. The van der Waals surface area contributed by atoms with Crippen LogP contribution in [0.15, 0.2) is 0 Å². The van der Waals surface area contributed by atoms with E-state index >= 15 is 0 Å². The highest BCUT2D eigenvalue weighted by Crippen LogP contribution is 2.10. The number of carbonyl (C=O) groups excluding carboxylic acids is 1. The predicted molar refractivity (Wildman–Crippen MR) is 52.9 cm³/mol. The summed E-state index contributed by atoms with van der Waals surface area (Å²) in [4.78, 5) is 10.1. The van der Waals surface area contributed by atoms with Gasteiger partial charge in [0.25, 0.3) is 0 Å². The largest absolute Gasteiger partial charge is 0.291 e. The van der Waals surface area contributed by atoms with Gasteiger partial charge in [-0.3, -0.25) is 4.79 Å². The van der Waals surface area contributed by atoms with E-state index in [2.05, 4.69) is 6.92 Å². The van der Waals surface area contributed by atoms with Crippen molar-refractivity contribution >= 4 is 6.29 Å². The highest BCUT2D eigenvalue weighted by molar-refractivity contribution is 5.53. The highest BCUT2D eigenvalue weighted by atomic mass is 16.1. The fourth-order valence-corrected chi connectivity index (χ4v) is 1.29. The van der Waals surface area contributed by atoms with Gasteiger partial charge in [-0.25, -0.2) is 0 Å². The van der Waals surface area contributed by atoms with Gasteiger partial charge in [0, 0.05) is 5.92 Å². The minimum atomic E-state index is 0.149. The van der Waals surface area contributed by atoms with Crippen LogP contribution in [-0.2, 0) is 4.79 Å². The Bertz CT molecular complexity index is 99.2. The average molecular weight is 169 g/mol. The van der Waals surface area contributed by atoms with Crippen molar-refractivity contribution in [1.29, 1.82) is 0 Å². The minimum absolute atomic E-state index is 0.149. The van der Waals surface area contributed by atoms with Crippen LogP contribution in [0.5, 0.6) is 0 Å². The van der Waals surface area contributed by atoms with Crippen molar-refractivity contribution in [2.75, 3.05) is 0 Å². The molecule has 0 N–H and O–H groups in total. The van der Waals surface area contributed by atoms with Gasteiger partial charge in [-0.2, -0.15) is 0 Å². The summed E-state index contributed by atoms with van der Waals surface area (Å²) in [6, 6.07) is 0. The Hall–Kier alpha value is -0.330. The first kappa shape index (κ1) is 11.7. The quantitative estimate of drug-likeness (QED) is 0.508. The molecular formula is C11H21O. The third kappa shape index (κ3) is 7.77. The standard InChI is InChI=1S/C11H21O/c1-3-4-5-6-7-8-9-11(2)10-12/h11H,3-9H2,1-2H3/t11-/m0/s1. The molecule has 0 aliphatic heterocycles. The zero-order valence-corrected chi connectivity index (χ0v) is 8.44. The first-order chi connectivity index (χ1) is 5.81. The van der Waals surface area contributed by atoms with Crippen molar-refractivity contribution in [3.05, 3.63) is 0 Å². The van der Waals surface area contributed by atoms with Gasteiger partial charge in [-0.15, -0.1) is 0 Å². The van der Waals surface area contributed by atoms with E-state index in [0.29, 0.717) is 0 Å². The van der Waals surface area contributed by atoms with Gasteiger partial charge in [0.2, 0.25) is 6.29 Å². The van der Waals surface area contributed by atoms with E-state index in [1.54, 1.807) is 0 Å². The molecule has 0 aliphatic rings. The van der Waals surface area contributed by atoms with Gasteiger partial charge in [0.05, 0.1) is 0 Å². The summed E-state index contributed by atoms with van der Waals surface area (Å²) in [6.07, 6.45) is 10.9. The van der Waals surface area contributed by atoms with Gasteiger partial charge in [-0.1, -0.05) is 52.4 Å². The van der Waals surface area contributed by atoms with Gasteiger partial charge < -0.3 is 0 Å². The first-order valence-electron chi connectivity index (χ1n) is 5.19. The van der Waals surface area contributed by atoms with Crippen molar-refractivity contribution in [1.82, 2.24) is 0 Å². The van der Waals surface area contributed by atoms with E-state index in [1.807, 2.05) is 13.2 Å². The van der Waals surface area contributed by atoms with E-state index in [4.69, 9.17) is 0 Å². The molecule has 1 radical (unpaired) electrons. The summed E-state index contributed by atoms with van der Waals surface area (Å²) in [5.41, 5.74) is 0. The van der Waals surface area contributed by atoms with Crippen molar-refractivity contribution in [2.45, 2.75) is 58.8 Å². The number of unbranched alkanes of at least 4 members (excludes halogenated alkanes) is 5. The second-order valence-corrected chi connectivity index (χ2v) is 3.58. The Kier molecular flexibility index (Phi) is 8.52. The summed E-state index contributed by atoms with van der Waals surface area (Å²) in [5, 5.41) is 0. The molecule has 0 aromatic heterocycles. The van der Waals surface area contributed by atoms with E-state index in [0.717, 1.165) is 6.42 Å². The Morgan fingerprint density at radius 2 is 1.67 bits per heavy atom. The Morgan fingerprint density at radius 1 is 1.08 bits per heavy atom. The maximum atomic E-state index is 10.1. The molecule has 0 saturated heterocycles. The molecule has 0 aliphatic carbocycles. The monoisotopic (exact) mass is 169 g/mol. The number of hydrogen-bond donors (Lipinski definition) is 0. The van der Waals surface area contributed by atoms with Gasteiger partial charge in [0.15, 0.2) is 0 Å². The van der Waals surface area contributed by atoms with Crippen molar-refractivity contribution < 1.29 is 4.79 Å². The summed E-state index contributed by atoms with van der Waals surface area (Å²) >= 11 is 0. The lowest BCUT2D eigenvalue weighted by atomic mass is 10.0. The van der Waals surface area contributed by atoms with E-state index < -0.39 is 0 Å². The number of hydrogen-bond acceptors (Lipinski definition) is 1. The van der Waals surface area contributed by atoms with Crippen LogP contribution in [0.3, 0.4) is 0 Å². The molecule has 0 spiro atoms. The number of rotatable bonds is 8. The van der Waals surface area contributed by atoms with Crippen LogP contribution in [0, 0.1) is 5.92 Å². The highest BCUT2D eigenvalue weighted by Gasteiger charge is 1.99. The summed E-state index contributed by atoms with van der Waals surface area (Å²) in [5.74, 6) is 0.149. The minimum Gasteiger partial charge on any atom is -0.291 e. The molecule has 0 heterocycles. The second-order valence-electron chi connectivity index (χ2n) is 3.58. The van der Waals surface area contributed by atoms with E-state index in [-0.39, 0.29) is 5.92 Å². The Labute approximate surface area is 76.6 Å². The van der Waals surface area contributed by atoms with Gasteiger partial charge in [0.1, 0.15) is 0 Å². The molecular weight excluding hydrogens is 148 g/mol. The van der Waals surface area contributed by atoms with E-state index in [9.17, 15) is 4.79 Å². The van der Waals surface area contributed by atoms with Crippen molar-refractivity contribution in [2.24, 2.45) is 5.92 Å². The molecule has 0 rings (SSSR count). The second kappa shape index (κ2) is 8.76. The van der Waals surface area contributed by atoms with Crippen LogP contribution in [0.2, 0.25) is 0 Å². The molecule has 0 fully saturated rings. The molecule has 0 unspecified atom stereocenters. The molecule has 1 nitrogen and oxygen atoms in total. The normalized spacial score (nSPS) is 12.8. The molecule has 0 bridgehead atoms. The van der Waals surface area contributed by atoms with Crippen LogP contribution < -0.4 is 0 Å². The molecule has 0 aromatic rings. The predicted octanol–water partition coefficient (Wildman–Crippen LogP) is 3.48. The smallest absolute Gasteiger partial charge is 0.201 e. The fraction of sp³-hybridized carbons (Fsp3) is 0.909. The third-order valence-corrected chi connectivity index (χ3v) is 2.19.